The molecule has 0 aromatic heterocycles. The SMILES string of the molecule is COC(=O)C1(C(=O)OC)CC(CSc2ccccc2)C(Sc2ccccc2)C1. The van der Waals surface area contributed by atoms with Gasteiger partial charge in [0, 0.05) is 20.8 Å². The minimum absolute atomic E-state index is 0.122. The van der Waals surface area contributed by atoms with Gasteiger partial charge in [0.15, 0.2) is 5.41 Å². The van der Waals surface area contributed by atoms with Crippen LogP contribution >= 0.6 is 23.5 Å². The molecule has 28 heavy (non-hydrogen) atoms. The number of hydrogen-bond donors (Lipinski definition) is 0. The molecule has 3 rings (SSSR count). The molecule has 4 nitrogen and oxygen atoms in total. The van der Waals surface area contributed by atoms with Gasteiger partial charge < -0.3 is 9.47 Å². The van der Waals surface area contributed by atoms with Crippen molar-refractivity contribution in [3.05, 3.63) is 60.7 Å². The molecule has 0 N–H and O–H groups in total. The second kappa shape index (κ2) is 9.52. The molecule has 0 aliphatic heterocycles. The van der Waals surface area contributed by atoms with E-state index in [1.54, 1.807) is 23.5 Å². The number of benzene rings is 2. The van der Waals surface area contributed by atoms with Crippen molar-refractivity contribution in [3.8, 4) is 0 Å². The summed E-state index contributed by atoms with van der Waals surface area (Å²) in [6.45, 7) is 0. The highest BCUT2D eigenvalue weighted by molar-refractivity contribution is 8.00. The first-order valence-corrected chi connectivity index (χ1v) is 11.0. The van der Waals surface area contributed by atoms with Crippen LogP contribution in [0.5, 0.6) is 0 Å². The Morgan fingerprint density at radius 2 is 1.43 bits per heavy atom. The van der Waals surface area contributed by atoms with E-state index >= 15 is 0 Å². The lowest BCUT2D eigenvalue weighted by molar-refractivity contribution is -0.168. The van der Waals surface area contributed by atoms with Gasteiger partial charge in [0.25, 0.3) is 0 Å². The zero-order valence-corrected chi connectivity index (χ0v) is 17.6. The van der Waals surface area contributed by atoms with Crippen LogP contribution in [0.2, 0.25) is 0 Å². The maximum Gasteiger partial charge on any atom is 0.323 e. The second-order valence-corrected chi connectivity index (χ2v) is 9.23. The molecule has 1 aliphatic rings. The Balaban J connectivity index is 1.84. The lowest BCUT2D eigenvalue weighted by Gasteiger charge is -2.23. The van der Waals surface area contributed by atoms with Crippen LogP contribution < -0.4 is 0 Å². The molecule has 2 aromatic carbocycles. The summed E-state index contributed by atoms with van der Waals surface area (Å²) < 4.78 is 10.0. The average Bonchev–Trinajstić information content (AvgIpc) is 3.12. The molecule has 0 spiro atoms. The first-order valence-electron chi connectivity index (χ1n) is 9.15. The Morgan fingerprint density at radius 3 is 1.96 bits per heavy atom. The first-order chi connectivity index (χ1) is 13.6. The van der Waals surface area contributed by atoms with Crippen molar-refractivity contribution in [1.82, 2.24) is 0 Å². The number of ether oxygens (including phenoxy) is 2. The molecule has 1 saturated carbocycles. The van der Waals surface area contributed by atoms with E-state index in [0.717, 1.165) is 10.6 Å². The van der Waals surface area contributed by atoms with Crippen LogP contribution in [0, 0.1) is 11.3 Å². The third-order valence-corrected chi connectivity index (χ3v) is 7.68. The minimum atomic E-state index is -1.22. The molecular formula is C22H24O4S2. The Morgan fingerprint density at radius 1 is 0.893 bits per heavy atom. The number of esters is 2. The number of carbonyl (C=O) groups excluding carboxylic acids is 2. The van der Waals surface area contributed by atoms with Crippen molar-refractivity contribution in [2.24, 2.45) is 11.3 Å². The van der Waals surface area contributed by atoms with Gasteiger partial charge in [-0.1, -0.05) is 36.4 Å². The number of carbonyl (C=O) groups is 2. The van der Waals surface area contributed by atoms with Gasteiger partial charge in [-0.25, -0.2) is 0 Å². The van der Waals surface area contributed by atoms with E-state index in [-0.39, 0.29) is 11.2 Å². The Labute approximate surface area is 174 Å². The fraction of sp³-hybridized carbons (Fsp3) is 0.364. The highest BCUT2D eigenvalue weighted by Crippen LogP contribution is 2.51. The van der Waals surface area contributed by atoms with Gasteiger partial charge in [-0.3, -0.25) is 9.59 Å². The molecule has 0 amide bonds. The summed E-state index contributed by atoms with van der Waals surface area (Å²) in [5.74, 6) is 0.00798. The molecule has 6 heteroatoms. The Bertz CT molecular complexity index is 779. The maximum atomic E-state index is 12.6. The van der Waals surface area contributed by atoms with E-state index in [2.05, 4.69) is 24.3 Å². The van der Waals surface area contributed by atoms with Gasteiger partial charge in [-0.05, 0) is 43.0 Å². The molecule has 0 bridgehead atoms. The van der Waals surface area contributed by atoms with Crippen molar-refractivity contribution in [2.75, 3.05) is 20.0 Å². The van der Waals surface area contributed by atoms with Gasteiger partial charge in [-0.15, -0.1) is 23.5 Å². The van der Waals surface area contributed by atoms with Gasteiger partial charge in [-0.2, -0.15) is 0 Å². The highest BCUT2D eigenvalue weighted by Gasteiger charge is 2.57. The predicted octanol–water partition coefficient (Wildman–Crippen LogP) is 4.68. The number of rotatable bonds is 7. The molecule has 0 heterocycles. The molecule has 2 aromatic rings. The van der Waals surface area contributed by atoms with Crippen molar-refractivity contribution in [2.45, 2.75) is 27.9 Å². The molecular weight excluding hydrogens is 392 g/mol. The fourth-order valence-electron chi connectivity index (χ4n) is 3.68. The lowest BCUT2D eigenvalue weighted by atomic mass is 9.85. The summed E-state index contributed by atoms with van der Waals surface area (Å²) in [5.41, 5.74) is -1.22. The fourth-order valence-corrected chi connectivity index (χ4v) is 6.32. The van der Waals surface area contributed by atoms with Crippen molar-refractivity contribution < 1.29 is 19.1 Å². The highest BCUT2D eigenvalue weighted by atomic mass is 32.2. The van der Waals surface area contributed by atoms with Gasteiger partial charge >= 0.3 is 11.9 Å². The van der Waals surface area contributed by atoms with Crippen molar-refractivity contribution >= 4 is 35.5 Å². The second-order valence-electron chi connectivity index (χ2n) is 6.83. The Hall–Kier alpha value is -1.92. The summed E-state index contributed by atoms with van der Waals surface area (Å²) in [5, 5.41) is 0.122. The predicted molar refractivity (Wildman–Crippen MR) is 112 cm³/mol. The normalized spacial score (nSPS) is 20.5. The summed E-state index contributed by atoms with van der Waals surface area (Å²) in [7, 11) is 2.66. The summed E-state index contributed by atoms with van der Waals surface area (Å²) in [6.07, 6.45) is 0.864. The van der Waals surface area contributed by atoms with E-state index in [4.69, 9.17) is 9.47 Å². The van der Waals surface area contributed by atoms with E-state index in [0.29, 0.717) is 12.8 Å². The summed E-state index contributed by atoms with van der Waals surface area (Å²) in [4.78, 5) is 27.5. The van der Waals surface area contributed by atoms with E-state index < -0.39 is 17.4 Å². The monoisotopic (exact) mass is 416 g/mol. The minimum Gasteiger partial charge on any atom is -0.468 e. The molecule has 2 atom stereocenters. The van der Waals surface area contributed by atoms with E-state index in [1.165, 1.54) is 19.1 Å². The smallest absolute Gasteiger partial charge is 0.323 e. The van der Waals surface area contributed by atoms with E-state index in [1.807, 2.05) is 36.4 Å². The van der Waals surface area contributed by atoms with Crippen LogP contribution in [0.15, 0.2) is 70.5 Å². The van der Waals surface area contributed by atoms with Crippen LogP contribution in [0.4, 0.5) is 0 Å². The zero-order chi connectivity index (χ0) is 20.0. The van der Waals surface area contributed by atoms with Gasteiger partial charge in [0.1, 0.15) is 0 Å². The van der Waals surface area contributed by atoms with Crippen molar-refractivity contribution in [3.63, 3.8) is 0 Å². The van der Waals surface area contributed by atoms with Crippen molar-refractivity contribution in [1.29, 1.82) is 0 Å². The molecule has 2 unspecified atom stereocenters. The molecule has 0 saturated heterocycles. The van der Waals surface area contributed by atoms with Crippen LogP contribution in [0.1, 0.15) is 12.8 Å². The van der Waals surface area contributed by atoms with E-state index in [9.17, 15) is 9.59 Å². The Kier molecular flexibility index (Phi) is 7.08. The standard InChI is InChI=1S/C22H24O4S2/c1-25-20(23)22(21(24)26-2)13-16(15-27-17-9-5-3-6-10-17)19(14-22)28-18-11-7-4-8-12-18/h3-12,16,19H,13-15H2,1-2H3. The van der Waals surface area contributed by atoms with Crippen LogP contribution in [-0.4, -0.2) is 37.2 Å². The van der Waals surface area contributed by atoms with Crippen LogP contribution in [0.3, 0.4) is 0 Å². The van der Waals surface area contributed by atoms with Crippen LogP contribution in [-0.2, 0) is 19.1 Å². The maximum absolute atomic E-state index is 12.6. The average molecular weight is 417 g/mol. The van der Waals surface area contributed by atoms with Crippen LogP contribution in [0.25, 0.3) is 0 Å². The number of methoxy groups -OCH3 is 2. The van der Waals surface area contributed by atoms with Gasteiger partial charge in [0.05, 0.1) is 14.2 Å². The quantitative estimate of drug-likeness (QED) is 0.371. The molecule has 0 radical (unpaired) electrons. The molecule has 148 valence electrons. The molecule has 1 aliphatic carbocycles. The summed E-state index contributed by atoms with van der Waals surface area (Å²) >= 11 is 3.48. The third-order valence-electron chi connectivity index (χ3n) is 5.08. The first kappa shape index (κ1) is 20.8. The summed E-state index contributed by atoms with van der Waals surface area (Å²) in [6, 6.07) is 20.3. The number of hydrogen-bond acceptors (Lipinski definition) is 6. The largest absolute Gasteiger partial charge is 0.468 e. The topological polar surface area (TPSA) is 52.6 Å². The number of thioether (sulfide) groups is 2. The zero-order valence-electron chi connectivity index (χ0n) is 16.0. The van der Waals surface area contributed by atoms with Gasteiger partial charge in [0.2, 0.25) is 0 Å². The third kappa shape index (κ3) is 4.55. The molecule has 1 fully saturated rings. The lowest BCUT2D eigenvalue weighted by Crippen LogP contribution is -2.39.